The molecule has 2 aromatic rings. The van der Waals surface area contributed by atoms with Gasteiger partial charge in [-0.1, -0.05) is 59.7 Å². The maximum Gasteiger partial charge on any atom is 0.344 e. The Morgan fingerprint density at radius 2 is 1.21 bits per heavy atom. The van der Waals surface area contributed by atoms with Gasteiger partial charge in [-0.25, -0.2) is 4.79 Å². The van der Waals surface area contributed by atoms with E-state index in [1.54, 1.807) is 34.6 Å². The first kappa shape index (κ1) is 35.9. The van der Waals surface area contributed by atoms with Crippen molar-refractivity contribution in [3.63, 3.8) is 0 Å². The van der Waals surface area contributed by atoms with Crippen molar-refractivity contribution in [1.82, 2.24) is 0 Å². The zero-order chi connectivity index (χ0) is 29.8. The van der Waals surface area contributed by atoms with Gasteiger partial charge in [0, 0.05) is 11.1 Å². The fourth-order valence-corrected chi connectivity index (χ4v) is 4.45. The van der Waals surface area contributed by atoms with Gasteiger partial charge in [0.05, 0.1) is 26.4 Å². The van der Waals surface area contributed by atoms with Crippen LogP contribution in [0.1, 0.15) is 68.6 Å². The summed E-state index contributed by atoms with van der Waals surface area (Å²) < 4.78 is 31.8. The summed E-state index contributed by atoms with van der Waals surface area (Å²) in [6, 6.07) is 15.5. The maximum absolute atomic E-state index is 12.1. The van der Waals surface area contributed by atoms with E-state index in [0.717, 1.165) is 17.4 Å². The summed E-state index contributed by atoms with van der Waals surface area (Å²) in [4.78, 5) is 32.8. The summed E-state index contributed by atoms with van der Waals surface area (Å²) >= 11 is 0. The van der Waals surface area contributed by atoms with Crippen LogP contribution < -0.4 is 0 Å². The molecule has 0 aliphatic rings. The van der Waals surface area contributed by atoms with Crippen molar-refractivity contribution < 1.29 is 37.5 Å². The molecule has 0 amide bonds. The third kappa shape index (κ3) is 14.6. The second kappa shape index (κ2) is 19.9. The fraction of sp³-hybridized carbons (Fsp3) is 0.433. The van der Waals surface area contributed by atoms with E-state index in [4.69, 9.17) is 18.5 Å². The van der Waals surface area contributed by atoms with Crippen LogP contribution in [0, 0.1) is 13.8 Å². The second-order valence-corrected chi connectivity index (χ2v) is 10.7. The zero-order valence-corrected chi connectivity index (χ0v) is 25.3. The highest BCUT2D eigenvalue weighted by Gasteiger charge is 2.38. The molecule has 0 aliphatic carbocycles. The molecule has 39 heavy (non-hydrogen) atoms. The Hall–Kier alpha value is -3.06. The zero-order valence-electron chi connectivity index (χ0n) is 24.4. The summed E-state index contributed by atoms with van der Waals surface area (Å²) in [5.74, 6) is -0.805. The van der Waals surface area contributed by atoms with Crippen LogP contribution >= 0.6 is 7.60 Å². The monoisotopic (exact) mass is 562 g/mol. The molecule has 9 heteroatoms. The van der Waals surface area contributed by atoms with E-state index in [1.807, 2.05) is 68.5 Å². The van der Waals surface area contributed by atoms with Crippen LogP contribution in [0.4, 0.5) is 0 Å². The lowest BCUT2D eigenvalue weighted by molar-refractivity contribution is -0.142. The lowest BCUT2D eigenvalue weighted by atomic mass is 10.1. The minimum Gasteiger partial charge on any atom is -0.465 e. The molecule has 8 nitrogen and oxygen atoms in total. The molecule has 1 atom stereocenters. The van der Waals surface area contributed by atoms with E-state index < -0.39 is 19.2 Å². The molecule has 0 fully saturated rings. The summed E-state index contributed by atoms with van der Waals surface area (Å²) in [5, 5.41) is 0. The quantitative estimate of drug-likeness (QED) is 0.125. The molecule has 0 radical (unpaired) electrons. The van der Waals surface area contributed by atoms with Gasteiger partial charge >= 0.3 is 19.5 Å². The predicted molar refractivity (Wildman–Crippen MR) is 155 cm³/mol. The van der Waals surface area contributed by atoms with Crippen molar-refractivity contribution >= 4 is 31.9 Å². The minimum atomic E-state index is -3.37. The second-order valence-electron chi connectivity index (χ2n) is 8.29. The highest BCUT2D eigenvalue weighted by molar-refractivity contribution is 7.55. The Balaban J connectivity index is 0.000000573. The topological polar surface area (TPSA) is 105 Å². The summed E-state index contributed by atoms with van der Waals surface area (Å²) in [6.45, 7) is 15.3. The Morgan fingerprint density at radius 1 is 0.769 bits per heavy atom. The van der Waals surface area contributed by atoms with Crippen LogP contribution in [0.2, 0.25) is 0 Å². The van der Waals surface area contributed by atoms with E-state index in [1.165, 1.54) is 18.1 Å². The molecule has 0 N–H and O–H groups in total. The first-order chi connectivity index (χ1) is 18.5. The molecule has 0 aliphatic heterocycles. The van der Waals surface area contributed by atoms with Crippen molar-refractivity contribution in [2.24, 2.45) is 0 Å². The van der Waals surface area contributed by atoms with Gasteiger partial charge in [-0.2, -0.15) is 0 Å². The number of hydrogen-bond acceptors (Lipinski definition) is 8. The Morgan fingerprint density at radius 3 is 1.59 bits per heavy atom. The Kier molecular flexibility index (Phi) is 18.4. The SMILES string of the molecule is CCOC(=O)/C(C)=C/c1ccc(C)cc1.CCOC(=O)C(C)P(=O)(OCC)OCC.Cc1ccc(C=O)cc1. The molecule has 0 spiro atoms. The van der Waals surface area contributed by atoms with E-state index in [9.17, 15) is 18.9 Å². The number of esters is 2. The van der Waals surface area contributed by atoms with Crippen molar-refractivity contribution in [3.05, 3.63) is 76.4 Å². The van der Waals surface area contributed by atoms with E-state index in [0.29, 0.717) is 12.2 Å². The van der Waals surface area contributed by atoms with Gasteiger partial charge < -0.3 is 18.5 Å². The van der Waals surface area contributed by atoms with E-state index >= 15 is 0 Å². The normalized spacial score (nSPS) is 11.6. The number of aryl methyl sites for hydroxylation is 2. The molecule has 2 aromatic carbocycles. The van der Waals surface area contributed by atoms with Crippen LogP contribution in [0.5, 0.6) is 0 Å². The molecule has 216 valence electrons. The van der Waals surface area contributed by atoms with Gasteiger partial charge in [-0.05, 0) is 67.0 Å². The number of aldehydes is 1. The molecular formula is C30H43O8P. The summed E-state index contributed by atoms with van der Waals surface area (Å²) in [6.07, 6.45) is 2.68. The van der Waals surface area contributed by atoms with Crippen LogP contribution in [0.3, 0.4) is 0 Å². The third-order valence-electron chi connectivity index (χ3n) is 4.99. The first-order valence-electron chi connectivity index (χ1n) is 13.0. The van der Waals surface area contributed by atoms with Gasteiger partial charge in [0.15, 0.2) is 5.66 Å². The highest BCUT2D eigenvalue weighted by Crippen LogP contribution is 2.53. The average molecular weight is 563 g/mol. The van der Waals surface area contributed by atoms with Crippen LogP contribution in [-0.4, -0.2) is 50.3 Å². The highest BCUT2D eigenvalue weighted by atomic mass is 31.2. The fourth-order valence-electron chi connectivity index (χ4n) is 2.87. The van der Waals surface area contributed by atoms with Crippen molar-refractivity contribution in [3.8, 4) is 0 Å². The Bertz CT molecular complexity index is 1070. The Labute approximate surface area is 233 Å². The lowest BCUT2D eigenvalue weighted by Crippen LogP contribution is -2.22. The minimum absolute atomic E-state index is 0.237. The van der Waals surface area contributed by atoms with Crippen LogP contribution in [-0.2, 0) is 32.7 Å². The molecule has 0 saturated carbocycles. The van der Waals surface area contributed by atoms with Gasteiger partial charge in [0.25, 0.3) is 0 Å². The number of carbonyl (C=O) groups excluding carboxylic acids is 3. The molecule has 2 rings (SSSR count). The maximum atomic E-state index is 12.1. The van der Waals surface area contributed by atoms with Gasteiger partial charge in [0.2, 0.25) is 0 Å². The van der Waals surface area contributed by atoms with Gasteiger partial charge in [-0.15, -0.1) is 0 Å². The molecule has 0 bridgehead atoms. The summed E-state index contributed by atoms with van der Waals surface area (Å²) in [7, 11) is -3.37. The van der Waals surface area contributed by atoms with Gasteiger partial charge in [0.1, 0.15) is 6.29 Å². The largest absolute Gasteiger partial charge is 0.465 e. The van der Waals surface area contributed by atoms with Crippen LogP contribution in [0.25, 0.3) is 6.08 Å². The third-order valence-corrected chi connectivity index (χ3v) is 7.39. The first-order valence-corrected chi connectivity index (χ1v) is 14.6. The molecule has 0 aromatic heterocycles. The van der Waals surface area contributed by atoms with E-state index in [-0.39, 0.29) is 25.8 Å². The number of carbonyl (C=O) groups is 3. The van der Waals surface area contributed by atoms with Crippen molar-refractivity contribution in [2.45, 2.75) is 61.0 Å². The molecule has 1 unspecified atom stereocenters. The number of ether oxygens (including phenoxy) is 2. The van der Waals surface area contributed by atoms with Crippen molar-refractivity contribution in [2.75, 3.05) is 26.4 Å². The lowest BCUT2D eigenvalue weighted by Gasteiger charge is -2.21. The molecule has 0 heterocycles. The smallest absolute Gasteiger partial charge is 0.344 e. The number of benzene rings is 2. The predicted octanol–water partition coefficient (Wildman–Crippen LogP) is 6.97. The van der Waals surface area contributed by atoms with Crippen LogP contribution in [0.15, 0.2) is 54.1 Å². The average Bonchev–Trinajstić information content (AvgIpc) is 2.91. The number of hydrogen-bond donors (Lipinski definition) is 0. The van der Waals surface area contributed by atoms with Gasteiger partial charge in [-0.3, -0.25) is 14.2 Å². The number of rotatable bonds is 11. The molecule has 0 saturated heterocycles. The summed E-state index contributed by atoms with van der Waals surface area (Å²) in [5.41, 5.74) is 3.89. The standard InChI is InChI=1S/C13H16O2.C9H19O5P.C8H8O/c1-4-15-13(14)11(3)9-12-7-5-10(2)6-8-12;1-5-12-9(10)8(4)15(11,13-6-2)14-7-3;1-7-2-4-8(6-9)5-3-7/h5-9H,4H2,1-3H3;8H,5-7H2,1-4H3;2-6H,1H3/b11-9+;;. The van der Waals surface area contributed by atoms with E-state index in [2.05, 4.69) is 0 Å². The van der Waals surface area contributed by atoms with Crippen molar-refractivity contribution in [1.29, 1.82) is 0 Å². The molecular weight excluding hydrogens is 519 g/mol.